The highest BCUT2D eigenvalue weighted by atomic mass is 16.5. The minimum atomic E-state index is -0.591. The van der Waals surface area contributed by atoms with Crippen molar-refractivity contribution in [1.29, 1.82) is 0 Å². The van der Waals surface area contributed by atoms with Crippen LogP contribution in [0, 0.1) is 0 Å². The van der Waals surface area contributed by atoms with Crippen molar-refractivity contribution < 1.29 is 23.8 Å². The first kappa shape index (κ1) is 24.9. The van der Waals surface area contributed by atoms with Crippen LogP contribution in [0.3, 0.4) is 0 Å². The zero-order valence-corrected chi connectivity index (χ0v) is 22.3. The third-order valence-electron chi connectivity index (χ3n) is 7.90. The quantitative estimate of drug-likeness (QED) is 0.393. The fourth-order valence-corrected chi connectivity index (χ4v) is 5.94. The molecular formula is C31H31N3O5. The van der Waals surface area contributed by atoms with Gasteiger partial charge in [-0.05, 0) is 53.4 Å². The van der Waals surface area contributed by atoms with Crippen molar-refractivity contribution in [3.63, 3.8) is 0 Å². The van der Waals surface area contributed by atoms with Gasteiger partial charge in [0.2, 0.25) is 11.8 Å². The van der Waals surface area contributed by atoms with Gasteiger partial charge in [0.25, 0.3) is 0 Å². The van der Waals surface area contributed by atoms with Crippen LogP contribution >= 0.6 is 0 Å². The van der Waals surface area contributed by atoms with Gasteiger partial charge in [-0.15, -0.1) is 0 Å². The first-order valence-electron chi connectivity index (χ1n) is 13.1. The van der Waals surface area contributed by atoms with Crippen LogP contribution in [-0.2, 0) is 22.4 Å². The van der Waals surface area contributed by atoms with E-state index < -0.39 is 12.1 Å². The van der Waals surface area contributed by atoms with E-state index in [4.69, 9.17) is 14.2 Å². The molecule has 0 bridgehead atoms. The number of piperazine rings is 1. The van der Waals surface area contributed by atoms with Gasteiger partial charge in [0.05, 0.1) is 33.9 Å². The Hall–Kier alpha value is -4.46. The Morgan fingerprint density at radius 2 is 1.67 bits per heavy atom. The van der Waals surface area contributed by atoms with Crippen molar-refractivity contribution in [3.05, 3.63) is 89.1 Å². The maximum Gasteiger partial charge on any atom is 0.246 e. The van der Waals surface area contributed by atoms with Gasteiger partial charge in [0.15, 0.2) is 11.5 Å². The van der Waals surface area contributed by atoms with E-state index in [2.05, 4.69) is 11.1 Å². The number of methoxy groups -OCH3 is 3. The molecule has 0 radical (unpaired) electrons. The highest BCUT2D eigenvalue weighted by Gasteiger charge is 2.48. The molecule has 1 N–H and O–H groups in total. The van der Waals surface area contributed by atoms with Crippen molar-refractivity contribution in [2.24, 2.45) is 0 Å². The average Bonchev–Trinajstić information content (AvgIpc) is 3.35. The lowest BCUT2D eigenvalue weighted by Gasteiger charge is -2.47. The molecule has 6 rings (SSSR count). The van der Waals surface area contributed by atoms with E-state index in [0.29, 0.717) is 30.9 Å². The number of H-pyrrole nitrogens is 1. The number of aromatic amines is 1. The number of amides is 2. The summed E-state index contributed by atoms with van der Waals surface area (Å²) in [5, 5.41) is 1.08. The smallest absolute Gasteiger partial charge is 0.246 e. The number of fused-ring (bicyclic) bond motifs is 4. The molecule has 8 heteroatoms. The number of para-hydroxylation sites is 1. The minimum absolute atomic E-state index is 0.0236. The third-order valence-corrected chi connectivity index (χ3v) is 7.90. The summed E-state index contributed by atoms with van der Waals surface area (Å²) in [4.78, 5) is 34.8. The Morgan fingerprint density at radius 3 is 2.41 bits per heavy atom. The molecule has 1 aromatic heterocycles. The van der Waals surface area contributed by atoms with E-state index in [1.165, 1.54) is 0 Å². The van der Waals surface area contributed by atoms with Gasteiger partial charge in [-0.25, -0.2) is 0 Å². The second kappa shape index (κ2) is 10.0. The van der Waals surface area contributed by atoms with Crippen molar-refractivity contribution in [2.45, 2.75) is 24.9 Å². The molecule has 4 aromatic rings. The Kier molecular flexibility index (Phi) is 6.38. The summed E-state index contributed by atoms with van der Waals surface area (Å²) in [6.45, 7) is 0.522. The standard InChI is InChI=1S/C31H31N3O5/c1-37-21-11-8-19(9-12-21)14-15-33-18-28(35)34-25(31(33)36)17-23-22-6-4-5-7-24(22)32-29(23)30(34)20-10-13-26(38-2)27(16-20)39-3/h4-13,16,25,30,32H,14-15,17-18H2,1-3H3/t25-,30+/m0/s1. The molecule has 1 saturated heterocycles. The summed E-state index contributed by atoms with van der Waals surface area (Å²) in [5.41, 5.74) is 4.95. The van der Waals surface area contributed by atoms with Gasteiger partial charge in [0.1, 0.15) is 11.8 Å². The second-order valence-electron chi connectivity index (χ2n) is 9.96. The molecule has 0 saturated carbocycles. The number of carbonyl (C=O) groups is 2. The summed E-state index contributed by atoms with van der Waals surface area (Å²) < 4.78 is 16.3. The van der Waals surface area contributed by atoms with E-state index in [-0.39, 0.29) is 18.4 Å². The summed E-state index contributed by atoms with van der Waals surface area (Å²) in [5.74, 6) is 1.88. The predicted octanol–water partition coefficient (Wildman–Crippen LogP) is 4.12. The normalized spacial score (nSPS) is 18.6. The molecule has 2 aliphatic heterocycles. The number of nitrogens with one attached hydrogen (secondary N) is 1. The molecule has 2 aliphatic rings. The molecule has 2 amide bonds. The van der Waals surface area contributed by atoms with E-state index in [9.17, 15) is 9.59 Å². The summed E-state index contributed by atoms with van der Waals surface area (Å²) in [6, 6.07) is 20.5. The lowest BCUT2D eigenvalue weighted by Crippen LogP contribution is -2.63. The van der Waals surface area contributed by atoms with E-state index in [1.807, 2.05) is 60.7 Å². The maximum absolute atomic E-state index is 14.0. The molecule has 3 aromatic carbocycles. The summed E-state index contributed by atoms with van der Waals surface area (Å²) >= 11 is 0. The van der Waals surface area contributed by atoms with Gasteiger partial charge < -0.3 is 29.0 Å². The molecule has 39 heavy (non-hydrogen) atoms. The summed E-state index contributed by atoms with van der Waals surface area (Å²) in [6.07, 6.45) is 1.12. The van der Waals surface area contributed by atoms with E-state index >= 15 is 0 Å². The molecular weight excluding hydrogens is 494 g/mol. The number of ether oxygens (including phenoxy) is 3. The highest BCUT2D eigenvalue weighted by molar-refractivity contribution is 5.97. The van der Waals surface area contributed by atoms with Gasteiger partial charge >= 0.3 is 0 Å². The highest BCUT2D eigenvalue weighted by Crippen LogP contribution is 2.44. The number of hydrogen-bond donors (Lipinski definition) is 1. The monoisotopic (exact) mass is 525 g/mol. The van der Waals surface area contributed by atoms with Gasteiger partial charge in [0, 0.05) is 29.6 Å². The molecule has 0 spiro atoms. The van der Waals surface area contributed by atoms with Gasteiger partial charge in [-0.3, -0.25) is 9.59 Å². The topological polar surface area (TPSA) is 84.1 Å². The molecule has 200 valence electrons. The number of nitrogens with zero attached hydrogens (tertiary/aromatic N) is 2. The largest absolute Gasteiger partial charge is 0.497 e. The SMILES string of the molecule is COc1ccc(CCN2CC(=O)N3[C@H](c4ccc(OC)c(OC)c4)c4[nH]c5ccccc5c4C[C@H]3C2=O)cc1. The Bertz CT molecular complexity index is 1540. The molecule has 2 atom stereocenters. The molecule has 1 fully saturated rings. The fraction of sp³-hybridized carbons (Fsp3) is 0.290. The van der Waals surface area contributed by atoms with E-state index in [0.717, 1.165) is 39.0 Å². The fourth-order valence-electron chi connectivity index (χ4n) is 5.94. The average molecular weight is 526 g/mol. The van der Waals surface area contributed by atoms with Crippen LogP contribution < -0.4 is 14.2 Å². The number of hydrogen-bond acceptors (Lipinski definition) is 5. The van der Waals surface area contributed by atoms with E-state index in [1.54, 1.807) is 31.1 Å². The zero-order valence-electron chi connectivity index (χ0n) is 22.3. The lowest BCUT2D eigenvalue weighted by molar-refractivity contribution is -0.158. The number of aromatic nitrogens is 1. The van der Waals surface area contributed by atoms with Crippen LogP contribution in [0.5, 0.6) is 17.2 Å². The zero-order chi connectivity index (χ0) is 27.1. The number of carbonyl (C=O) groups excluding carboxylic acids is 2. The molecule has 8 nitrogen and oxygen atoms in total. The summed E-state index contributed by atoms with van der Waals surface area (Å²) in [7, 11) is 4.82. The molecule has 0 aliphatic carbocycles. The lowest BCUT2D eigenvalue weighted by atomic mass is 9.86. The predicted molar refractivity (Wildman–Crippen MR) is 147 cm³/mol. The maximum atomic E-state index is 14.0. The molecule has 3 heterocycles. The Labute approximate surface area is 227 Å². The van der Waals surface area contributed by atoms with Crippen LogP contribution in [0.15, 0.2) is 66.7 Å². The van der Waals surface area contributed by atoms with Crippen LogP contribution in [0.25, 0.3) is 10.9 Å². The van der Waals surface area contributed by atoms with Gasteiger partial charge in [-0.2, -0.15) is 0 Å². The van der Waals surface area contributed by atoms with Crippen LogP contribution in [0.1, 0.15) is 28.4 Å². The number of rotatable bonds is 7. The van der Waals surface area contributed by atoms with Gasteiger partial charge in [-0.1, -0.05) is 36.4 Å². The van der Waals surface area contributed by atoms with Crippen LogP contribution in [0.4, 0.5) is 0 Å². The number of benzene rings is 3. The van der Waals surface area contributed by atoms with Crippen molar-refractivity contribution >= 4 is 22.7 Å². The minimum Gasteiger partial charge on any atom is -0.497 e. The van der Waals surface area contributed by atoms with Crippen LogP contribution in [-0.4, -0.2) is 67.1 Å². The Morgan fingerprint density at radius 1 is 0.897 bits per heavy atom. The second-order valence-corrected chi connectivity index (χ2v) is 9.96. The van der Waals surface area contributed by atoms with Crippen LogP contribution in [0.2, 0.25) is 0 Å². The first-order valence-corrected chi connectivity index (χ1v) is 13.1. The van der Waals surface area contributed by atoms with Crippen molar-refractivity contribution in [3.8, 4) is 17.2 Å². The molecule has 0 unspecified atom stereocenters. The van der Waals surface area contributed by atoms with Crippen molar-refractivity contribution in [1.82, 2.24) is 14.8 Å². The third kappa shape index (κ3) is 4.26. The first-order chi connectivity index (χ1) is 19.0. The Balaban J connectivity index is 1.37. The van der Waals surface area contributed by atoms with Crippen molar-refractivity contribution in [2.75, 3.05) is 34.4 Å².